The summed E-state index contributed by atoms with van der Waals surface area (Å²) in [7, 11) is 3.15. The zero-order valence-electron chi connectivity index (χ0n) is 10.1. The Bertz CT molecular complexity index is 418. The van der Waals surface area contributed by atoms with Gasteiger partial charge in [0.05, 0.1) is 6.42 Å². The van der Waals surface area contributed by atoms with Gasteiger partial charge < -0.3 is 10.2 Å². The largest absolute Gasteiger partial charge is 0.390 e. The standard InChI is InChI=1S/C11H14F3N3O/c1-17(2)10(18)9-7-8(3-5-16-9)15-6-4-11(12,13)14/h3,5,7H,4,6H2,1-2H3,(H,15,16). The Morgan fingerprint density at radius 2 is 2.11 bits per heavy atom. The molecule has 0 aliphatic heterocycles. The first kappa shape index (κ1) is 14.3. The first-order valence-corrected chi connectivity index (χ1v) is 5.28. The second kappa shape index (κ2) is 5.70. The number of anilines is 1. The van der Waals surface area contributed by atoms with Crippen molar-refractivity contribution in [3.05, 3.63) is 24.0 Å². The number of amides is 1. The molecule has 0 aromatic carbocycles. The third-order valence-corrected chi connectivity index (χ3v) is 2.12. The summed E-state index contributed by atoms with van der Waals surface area (Å²) in [5.74, 6) is -0.297. The van der Waals surface area contributed by atoms with Crippen molar-refractivity contribution in [2.45, 2.75) is 12.6 Å². The van der Waals surface area contributed by atoms with Gasteiger partial charge in [-0.25, -0.2) is 0 Å². The highest BCUT2D eigenvalue weighted by Gasteiger charge is 2.26. The first-order chi connectivity index (χ1) is 8.29. The molecule has 0 saturated carbocycles. The van der Waals surface area contributed by atoms with Gasteiger partial charge in [0.1, 0.15) is 5.69 Å². The molecule has 7 heteroatoms. The lowest BCUT2D eigenvalue weighted by Crippen LogP contribution is -2.23. The highest BCUT2D eigenvalue weighted by atomic mass is 19.4. The van der Waals surface area contributed by atoms with Crippen LogP contribution in [0.25, 0.3) is 0 Å². The molecule has 1 amide bonds. The number of rotatable bonds is 4. The Kier molecular flexibility index (Phi) is 4.52. The first-order valence-electron chi connectivity index (χ1n) is 5.28. The van der Waals surface area contributed by atoms with E-state index < -0.39 is 12.6 Å². The van der Waals surface area contributed by atoms with Crippen molar-refractivity contribution in [1.29, 1.82) is 0 Å². The van der Waals surface area contributed by atoms with E-state index in [1.165, 1.54) is 23.2 Å². The minimum atomic E-state index is -4.19. The predicted octanol–water partition coefficient (Wildman–Crippen LogP) is 2.15. The zero-order chi connectivity index (χ0) is 13.8. The van der Waals surface area contributed by atoms with Crippen LogP contribution in [0.1, 0.15) is 16.9 Å². The van der Waals surface area contributed by atoms with E-state index in [0.717, 1.165) is 0 Å². The fourth-order valence-electron chi connectivity index (χ4n) is 1.24. The average molecular weight is 261 g/mol. The number of carbonyl (C=O) groups is 1. The summed E-state index contributed by atoms with van der Waals surface area (Å²) in [5.41, 5.74) is 0.636. The third kappa shape index (κ3) is 4.60. The van der Waals surface area contributed by atoms with Crippen molar-refractivity contribution < 1.29 is 18.0 Å². The summed E-state index contributed by atoms with van der Waals surface area (Å²) in [6.07, 6.45) is -3.73. The molecule has 0 saturated heterocycles. The smallest absolute Gasteiger partial charge is 0.385 e. The SMILES string of the molecule is CN(C)C(=O)c1cc(NCCC(F)(F)F)ccn1. The van der Waals surface area contributed by atoms with E-state index in [1.807, 2.05) is 0 Å². The van der Waals surface area contributed by atoms with Crippen molar-refractivity contribution >= 4 is 11.6 Å². The van der Waals surface area contributed by atoms with Gasteiger partial charge in [-0.05, 0) is 12.1 Å². The number of alkyl halides is 3. The van der Waals surface area contributed by atoms with E-state index in [1.54, 1.807) is 14.1 Å². The summed E-state index contributed by atoms with van der Waals surface area (Å²) >= 11 is 0. The summed E-state index contributed by atoms with van der Waals surface area (Å²) in [5, 5.41) is 2.60. The number of hydrogen-bond donors (Lipinski definition) is 1. The zero-order valence-corrected chi connectivity index (χ0v) is 10.1. The number of halogens is 3. The van der Waals surface area contributed by atoms with Crippen molar-refractivity contribution in [3.63, 3.8) is 0 Å². The number of carbonyl (C=O) groups excluding carboxylic acids is 1. The molecule has 1 heterocycles. The summed E-state index contributed by atoms with van der Waals surface area (Å²) in [4.78, 5) is 16.8. The van der Waals surface area contributed by atoms with Crippen LogP contribution in [0.3, 0.4) is 0 Å². The fraction of sp³-hybridized carbons (Fsp3) is 0.455. The molecular weight excluding hydrogens is 247 g/mol. The van der Waals surface area contributed by atoms with E-state index >= 15 is 0 Å². The maximum Gasteiger partial charge on any atom is 0.390 e. The van der Waals surface area contributed by atoms with E-state index in [9.17, 15) is 18.0 Å². The van der Waals surface area contributed by atoms with E-state index in [4.69, 9.17) is 0 Å². The Balaban J connectivity index is 2.63. The number of nitrogens with one attached hydrogen (secondary N) is 1. The average Bonchev–Trinajstić information content (AvgIpc) is 2.26. The lowest BCUT2D eigenvalue weighted by Gasteiger charge is -2.12. The van der Waals surface area contributed by atoms with Gasteiger partial charge in [-0.1, -0.05) is 0 Å². The van der Waals surface area contributed by atoms with Crippen LogP contribution >= 0.6 is 0 Å². The molecule has 0 bridgehead atoms. The van der Waals surface area contributed by atoms with Crippen molar-refractivity contribution in [3.8, 4) is 0 Å². The lowest BCUT2D eigenvalue weighted by molar-refractivity contribution is -0.131. The molecule has 0 fully saturated rings. The van der Waals surface area contributed by atoms with E-state index in [2.05, 4.69) is 10.3 Å². The van der Waals surface area contributed by atoms with Crippen molar-refractivity contribution in [2.24, 2.45) is 0 Å². The molecule has 1 N–H and O–H groups in total. The molecule has 0 atom stereocenters. The minimum absolute atomic E-state index is 0.192. The Morgan fingerprint density at radius 3 is 2.67 bits per heavy atom. The second-order valence-corrected chi connectivity index (χ2v) is 3.92. The molecule has 100 valence electrons. The number of pyridine rings is 1. The van der Waals surface area contributed by atoms with Gasteiger partial charge in [0.15, 0.2) is 0 Å². The fourth-order valence-corrected chi connectivity index (χ4v) is 1.24. The number of aromatic nitrogens is 1. The van der Waals surface area contributed by atoms with Crippen LogP contribution in [0.5, 0.6) is 0 Å². The van der Waals surface area contributed by atoms with Gasteiger partial charge >= 0.3 is 6.18 Å². The van der Waals surface area contributed by atoms with E-state index in [0.29, 0.717) is 5.69 Å². The van der Waals surface area contributed by atoms with Gasteiger partial charge in [0.2, 0.25) is 0 Å². The maximum atomic E-state index is 12.0. The molecule has 0 spiro atoms. The predicted molar refractivity (Wildman–Crippen MR) is 61.4 cm³/mol. The topological polar surface area (TPSA) is 45.2 Å². The highest BCUT2D eigenvalue weighted by Crippen LogP contribution is 2.19. The van der Waals surface area contributed by atoms with Gasteiger partial charge in [-0.2, -0.15) is 13.2 Å². The molecular formula is C11H14F3N3O. The molecule has 0 radical (unpaired) electrons. The summed E-state index contributed by atoms with van der Waals surface area (Å²) < 4.78 is 35.9. The van der Waals surface area contributed by atoms with Gasteiger partial charge in [-0.15, -0.1) is 0 Å². The van der Waals surface area contributed by atoms with Crippen LogP contribution < -0.4 is 5.32 Å². The number of nitrogens with zero attached hydrogens (tertiary/aromatic N) is 2. The molecule has 4 nitrogen and oxygen atoms in total. The molecule has 1 aromatic heterocycles. The normalized spacial score (nSPS) is 11.2. The van der Waals surface area contributed by atoms with E-state index in [-0.39, 0.29) is 18.1 Å². The lowest BCUT2D eigenvalue weighted by atomic mass is 10.3. The molecule has 18 heavy (non-hydrogen) atoms. The van der Waals surface area contributed by atoms with Gasteiger partial charge in [0.25, 0.3) is 5.91 Å². The van der Waals surface area contributed by atoms with Crippen LogP contribution in [-0.2, 0) is 0 Å². The molecule has 1 rings (SSSR count). The Hall–Kier alpha value is -1.79. The highest BCUT2D eigenvalue weighted by molar-refractivity contribution is 5.92. The van der Waals surface area contributed by atoms with Crippen LogP contribution in [0, 0.1) is 0 Å². The molecule has 1 aromatic rings. The summed E-state index contributed by atoms with van der Waals surface area (Å²) in [6.45, 7) is -0.233. The second-order valence-electron chi connectivity index (χ2n) is 3.92. The van der Waals surface area contributed by atoms with Gasteiger partial charge in [0, 0.05) is 32.5 Å². The minimum Gasteiger partial charge on any atom is -0.385 e. The van der Waals surface area contributed by atoms with Crippen LogP contribution in [0.2, 0.25) is 0 Å². The third-order valence-electron chi connectivity index (χ3n) is 2.12. The Morgan fingerprint density at radius 1 is 1.44 bits per heavy atom. The molecule has 0 unspecified atom stereocenters. The van der Waals surface area contributed by atoms with Crippen LogP contribution in [0.4, 0.5) is 18.9 Å². The van der Waals surface area contributed by atoms with Gasteiger partial charge in [-0.3, -0.25) is 9.78 Å². The van der Waals surface area contributed by atoms with Crippen LogP contribution in [-0.4, -0.2) is 42.6 Å². The van der Waals surface area contributed by atoms with Crippen molar-refractivity contribution in [1.82, 2.24) is 9.88 Å². The molecule has 0 aliphatic carbocycles. The Labute approximate surface area is 103 Å². The monoisotopic (exact) mass is 261 g/mol. The van der Waals surface area contributed by atoms with Crippen LogP contribution in [0.15, 0.2) is 18.3 Å². The van der Waals surface area contributed by atoms with Crippen molar-refractivity contribution in [2.75, 3.05) is 26.0 Å². The number of hydrogen-bond acceptors (Lipinski definition) is 3. The quantitative estimate of drug-likeness (QED) is 0.903. The summed E-state index contributed by atoms with van der Waals surface area (Å²) in [6, 6.07) is 2.95. The maximum absolute atomic E-state index is 12.0. The molecule has 0 aliphatic rings.